The number of halogens is 3. The Labute approximate surface area is 158 Å². The van der Waals surface area contributed by atoms with Crippen LogP contribution >= 0.6 is 0 Å². The summed E-state index contributed by atoms with van der Waals surface area (Å²) in [5, 5.41) is 0. The molecule has 0 atom stereocenters. The second-order valence-electron chi connectivity index (χ2n) is 6.24. The normalized spacial score (nSPS) is 14.2. The molecule has 5 nitrogen and oxygen atoms in total. The van der Waals surface area contributed by atoms with E-state index in [0.717, 1.165) is 24.6 Å². The fourth-order valence-corrected chi connectivity index (χ4v) is 2.95. The number of nitrogens with zero attached hydrogens (tertiary/aromatic N) is 1. The lowest BCUT2D eigenvalue weighted by Gasteiger charge is -2.15. The summed E-state index contributed by atoms with van der Waals surface area (Å²) in [7, 11) is 0. The lowest BCUT2D eigenvalue weighted by atomic mass is 10.1. The van der Waals surface area contributed by atoms with Gasteiger partial charge < -0.3 is 9.64 Å². The number of amides is 1. The summed E-state index contributed by atoms with van der Waals surface area (Å²) in [6, 6.07) is 10.4. The van der Waals surface area contributed by atoms with Crippen LogP contribution in [-0.4, -0.2) is 30.8 Å². The quantitative estimate of drug-likeness (QED) is 0.573. The summed E-state index contributed by atoms with van der Waals surface area (Å²) in [4.78, 5) is 37.5. The van der Waals surface area contributed by atoms with E-state index in [1.54, 1.807) is 17.0 Å². The molecule has 0 N–H and O–H groups in total. The van der Waals surface area contributed by atoms with Crippen LogP contribution < -0.4 is 4.90 Å². The first-order chi connectivity index (χ1) is 13.3. The third-order valence-electron chi connectivity index (χ3n) is 4.36. The molecule has 0 bridgehead atoms. The lowest BCUT2D eigenvalue weighted by molar-refractivity contribution is -0.138. The number of benzene rings is 2. The molecule has 8 heteroatoms. The van der Waals surface area contributed by atoms with Crippen LogP contribution in [0.5, 0.6) is 0 Å². The van der Waals surface area contributed by atoms with E-state index < -0.39 is 35.7 Å². The zero-order valence-electron chi connectivity index (χ0n) is 14.7. The number of carbonyl (C=O) groups is 3. The number of alkyl halides is 3. The molecule has 2 aromatic carbocycles. The summed E-state index contributed by atoms with van der Waals surface area (Å²) >= 11 is 0. The van der Waals surface area contributed by atoms with E-state index in [2.05, 4.69) is 0 Å². The minimum atomic E-state index is -4.71. The molecule has 1 fully saturated rings. The first-order valence-corrected chi connectivity index (χ1v) is 8.54. The molecule has 1 aliphatic heterocycles. The summed E-state index contributed by atoms with van der Waals surface area (Å²) < 4.78 is 43.7. The van der Waals surface area contributed by atoms with Crippen LogP contribution in [-0.2, 0) is 15.7 Å². The van der Waals surface area contributed by atoms with Crippen molar-refractivity contribution in [3.05, 3.63) is 65.2 Å². The number of hydrogen-bond donors (Lipinski definition) is 0. The van der Waals surface area contributed by atoms with Crippen molar-refractivity contribution in [1.82, 2.24) is 0 Å². The van der Waals surface area contributed by atoms with E-state index in [1.165, 1.54) is 18.2 Å². The van der Waals surface area contributed by atoms with Crippen LogP contribution in [0, 0.1) is 0 Å². The molecule has 146 valence electrons. The monoisotopic (exact) mass is 391 g/mol. The standard InChI is InChI=1S/C20H16F3NO4/c21-20(22,23)16-5-2-1-4-15(16)19(27)28-12-17(25)13-7-9-14(10-8-13)24-11-3-6-18(24)26/h1-2,4-5,7-10H,3,6,11-12H2. The van der Waals surface area contributed by atoms with Gasteiger partial charge in [0.25, 0.3) is 0 Å². The SMILES string of the molecule is O=C(COC(=O)c1ccccc1C(F)(F)F)c1ccc(N2CCCC2=O)cc1. The Hall–Kier alpha value is -3.16. The molecule has 0 aliphatic carbocycles. The summed E-state index contributed by atoms with van der Waals surface area (Å²) in [5.74, 6) is -1.77. The molecular formula is C20H16F3NO4. The Morgan fingerprint density at radius 3 is 2.32 bits per heavy atom. The molecule has 0 radical (unpaired) electrons. The van der Waals surface area contributed by atoms with Crippen LogP contribution in [0.3, 0.4) is 0 Å². The summed E-state index contributed by atoms with van der Waals surface area (Å²) in [6.07, 6.45) is -3.45. The second-order valence-corrected chi connectivity index (χ2v) is 6.24. The molecule has 0 spiro atoms. The first kappa shape index (κ1) is 19.6. The fraction of sp³-hybridized carbons (Fsp3) is 0.250. The van der Waals surface area contributed by atoms with Crippen LogP contribution in [0.2, 0.25) is 0 Å². The van der Waals surface area contributed by atoms with E-state index in [9.17, 15) is 27.6 Å². The van der Waals surface area contributed by atoms with Crippen LogP contribution in [0.4, 0.5) is 18.9 Å². The number of hydrogen-bond acceptors (Lipinski definition) is 4. The van der Waals surface area contributed by atoms with Crippen molar-refractivity contribution >= 4 is 23.3 Å². The average Bonchev–Trinajstić information content (AvgIpc) is 3.11. The topological polar surface area (TPSA) is 63.7 Å². The summed E-state index contributed by atoms with van der Waals surface area (Å²) in [5.41, 5.74) is -0.875. The van der Waals surface area contributed by atoms with Gasteiger partial charge in [-0.3, -0.25) is 9.59 Å². The maximum Gasteiger partial charge on any atom is 0.417 e. The van der Waals surface area contributed by atoms with Gasteiger partial charge >= 0.3 is 12.1 Å². The van der Waals surface area contributed by atoms with E-state index in [0.29, 0.717) is 18.7 Å². The molecule has 1 amide bonds. The van der Waals surface area contributed by atoms with Gasteiger partial charge in [0.15, 0.2) is 12.4 Å². The highest BCUT2D eigenvalue weighted by Gasteiger charge is 2.35. The molecule has 2 aromatic rings. The molecule has 0 unspecified atom stereocenters. The van der Waals surface area contributed by atoms with Gasteiger partial charge in [-0.2, -0.15) is 13.2 Å². The predicted molar refractivity (Wildman–Crippen MR) is 94.1 cm³/mol. The van der Waals surface area contributed by atoms with Gasteiger partial charge in [0.05, 0.1) is 11.1 Å². The maximum atomic E-state index is 13.0. The largest absolute Gasteiger partial charge is 0.454 e. The number of carbonyl (C=O) groups excluding carboxylic acids is 3. The van der Waals surface area contributed by atoms with Crippen LogP contribution in [0.1, 0.15) is 39.1 Å². The molecule has 3 rings (SSSR count). The van der Waals surface area contributed by atoms with Crippen molar-refractivity contribution < 1.29 is 32.3 Å². The molecule has 0 aromatic heterocycles. The van der Waals surface area contributed by atoms with Gasteiger partial charge in [-0.1, -0.05) is 12.1 Å². The average molecular weight is 391 g/mol. The Bertz CT molecular complexity index is 906. The first-order valence-electron chi connectivity index (χ1n) is 8.54. The van der Waals surface area contributed by atoms with Gasteiger partial charge in [-0.15, -0.1) is 0 Å². The van der Waals surface area contributed by atoms with E-state index in [1.807, 2.05) is 0 Å². The van der Waals surface area contributed by atoms with Gasteiger partial charge in [0.1, 0.15) is 0 Å². The number of anilines is 1. The van der Waals surface area contributed by atoms with Gasteiger partial charge in [-0.25, -0.2) is 4.79 Å². The zero-order valence-corrected chi connectivity index (χ0v) is 14.7. The van der Waals surface area contributed by atoms with Crippen molar-refractivity contribution in [3.8, 4) is 0 Å². The number of ketones is 1. The van der Waals surface area contributed by atoms with E-state index in [4.69, 9.17) is 4.74 Å². The maximum absolute atomic E-state index is 13.0. The van der Waals surface area contributed by atoms with Gasteiger partial charge in [-0.05, 0) is 42.8 Å². The van der Waals surface area contributed by atoms with Crippen LogP contribution in [0.25, 0.3) is 0 Å². The summed E-state index contributed by atoms with van der Waals surface area (Å²) in [6.45, 7) is -0.0740. The molecule has 0 saturated carbocycles. The number of esters is 1. The Morgan fingerprint density at radius 1 is 1.04 bits per heavy atom. The van der Waals surface area contributed by atoms with Gasteiger partial charge in [0, 0.05) is 24.2 Å². The molecule has 1 heterocycles. The minimum absolute atomic E-state index is 0.0105. The minimum Gasteiger partial charge on any atom is -0.454 e. The van der Waals surface area contributed by atoms with Crippen molar-refractivity contribution in [1.29, 1.82) is 0 Å². The van der Waals surface area contributed by atoms with Crippen molar-refractivity contribution in [2.24, 2.45) is 0 Å². The molecular weight excluding hydrogens is 375 g/mol. The second kappa shape index (κ2) is 7.84. The zero-order chi connectivity index (χ0) is 20.3. The number of Topliss-reactive ketones (excluding diaryl/α,β-unsaturated/α-hetero) is 1. The van der Waals surface area contributed by atoms with Crippen molar-refractivity contribution in [3.63, 3.8) is 0 Å². The highest BCUT2D eigenvalue weighted by Crippen LogP contribution is 2.32. The molecule has 1 aliphatic rings. The number of ether oxygens (including phenoxy) is 1. The Kier molecular flexibility index (Phi) is 5.48. The van der Waals surface area contributed by atoms with E-state index in [-0.39, 0.29) is 11.5 Å². The van der Waals surface area contributed by atoms with Crippen molar-refractivity contribution in [2.45, 2.75) is 19.0 Å². The fourth-order valence-electron chi connectivity index (χ4n) is 2.95. The third kappa shape index (κ3) is 4.21. The van der Waals surface area contributed by atoms with Crippen molar-refractivity contribution in [2.75, 3.05) is 18.1 Å². The highest BCUT2D eigenvalue weighted by atomic mass is 19.4. The highest BCUT2D eigenvalue weighted by molar-refractivity contribution is 6.00. The lowest BCUT2D eigenvalue weighted by Crippen LogP contribution is -2.23. The Balaban J connectivity index is 1.64. The van der Waals surface area contributed by atoms with Gasteiger partial charge in [0.2, 0.25) is 5.91 Å². The Morgan fingerprint density at radius 2 is 1.71 bits per heavy atom. The number of rotatable bonds is 5. The molecule has 1 saturated heterocycles. The van der Waals surface area contributed by atoms with E-state index >= 15 is 0 Å². The van der Waals surface area contributed by atoms with Crippen LogP contribution in [0.15, 0.2) is 48.5 Å². The third-order valence-corrected chi connectivity index (χ3v) is 4.36. The molecule has 28 heavy (non-hydrogen) atoms. The predicted octanol–water partition coefficient (Wildman–Crippen LogP) is 3.87. The smallest absolute Gasteiger partial charge is 0.417 e.